The van der Waals surface area contributed by atoms with Gasteiger partial charge in [-0.25, -0.2) is 0 Å². The van der Waals surface area contributed by atoms with Crippen molar-refractivity contribution in [3.63, 3.8) is 0 Å². The maximum Gasteiger partial charge on any atom is 0.296 e. The molecule has 0 bridgehead atoms. The van der Waals surface area contributed by atoms with Crippen LogP contribution < -0.4 is 0 Å². The van der Waals surface area contributed by atoms with E-state index in [0.717, 1.165) is 28.5 Å². The number of aromatic nitrogens is 1. The van der Waals surface area contributed by atoms with Crippen LogP contribution >= 0.6 is 11.6 Å². The summed E-state index contributed by atoms with van der Waals surface area (Å²) >= 11 is 6.03. The molecule has 3 aromatic rings. The maximum absolute atomic E-state index is 11.9. The average Bonchev–Trinajstić information content (AvgIpc) is 2.93. The molecule has 0 amide bonds. The van der Waals surface area contributed by atoms with Crippen molar-refractivity contribution in [2.24, 2.45) is 0 Å². The first-order valence-corrected chi connectivity index (χ1v) is 8.88. The van der Waals surface area contributed by atoms with Crippen LogP contribution in [0, 0.1) is 24.0 Å². The Hall–Kier alpha value is -2.92. The molecule has 0 aliphatic carbocycles. The number of allylic oxidation sites excluding steroid dienone is 1. The molecule has 0 spiro atoms. The SMILES string of the molecule is C=CCn1c(C)cc2c(-c3ccc(Cl)cc3)c(CC=O)c(C)c([N+](=O)[O-])c21. The van der Waals surface area contributed by atoms with Gasteiger partial charge < -0.3 is 9.36 Å². The van der Waals surface area contributed by atoms with E-state index in [2.05, 4.69) is 6.58 Å². The smallest absolute Gasteiger partial charge is 0.296 e. The van der Waals surface area contributed by atoms with Gasteiger partial charge >= 0.3 is 0 Å². The van der Waals surface area contributed by atoms with E-state index in [4.69, 9.17) is 11.6 Å². The molecule has 5 nitrogen and oxygen atoms in total. The fraction of sp³-hybridized carbons (Fsp3) is 0.190. The first kappa shape index (κ1) is 18.9. The number of aldehydes is 1. The summed E-state index contributed by atoms with van der Waals surface area (Å²) in [4.78, 5) is 22.9. The Labute approximate surface area is 162 Å². The third-order valence-corrected chi connectivity index (χ3v) is 5.07. The van der Waals surface area contributed by atoms with Gasteiger partial charge in [0.1, 0.15) is 11.8 Å². The van der Waals surface area contributed by atoms with E-state index in [1.807, 2.05) is 29.7 Å². The minimum absolute atomic E-state index is 0.0366. The van der Waals surface area contributed by atoms with Crippen molar-refractivity contribution in [3.05, 3.63) is 74.9 Å². The van der Waals surface area contributed by atoms with Crippen LogP contribution in [0.15, 0.2) is 43.0 Å². The largest absolute Gasteiger partial charge is 0.335 e. The topological polar surface area (TPSA) is 65.1 Å². The molecule has 1 heterocycles. The van der Waals surface area contributed by atoms with Gasteiger partial charge in [0.05, 0.1) is 4.92 Å². The fourth-order valence-corrected chi connectivity index (χ4v) is 3.79. The summed E-state index contributed by atoms with van der Waals surface area (Å²) in [6.07, 6.45) is 2.60. The molecule has 6 heteroatoms. The van der Waals surface area contributed by atoms with Crippen LogP contribution in [0.25, 0.3) is 22.0 Å². The Morgan fingerprint density at radius 3 is 2.48 bits per heavy atom. The lowest BCUT2D eigenvalue weighted by Gasteiger charge is -2.15. The standard InChI is InChI=1S/C21H19ClN2O3/c1-4-10-23-13(2)12-18-19(15-5-7-16(22)8-6-15)17(9-11-25)14(3)20(21(18)23)24(26)27/h4-8,11-12H,1,9-10H2,2-3H3. The molecule has 0 saturated heterocycles. The molecule has 1 aromatic heterocycles. The number of hydrogen-bond donors (Lipinski definition) is 0. The highest BCUT2D eigenvalue weighted by Crippen LogP contribution is 2.42. The Morgan fingerprint density at radius 1 is 1.26 bits per heavy atom. The second-order valence-corrected chi connectivity index (χ2v) is 6.85. The van der Waals surface area contributed by atoms with Crippen LogP contribution in [0.1, 0.15) is 16.8 Å². The summed E-state index contributed by atoms with van der Waals surface area (Å²) in [5, 5.41) is 13.3. The number of nitro groups is 1. The van der Waals surface area contributed by atoms with Crippen molar-refractivity contribution in [1.29, 1.82) is 0 Å². The highest BCUT2D eigenvalue weighted by Gasteiger charge is 2.28. The Bertz CT molecular complexity index is 1070. The lowest BCUT2D eigenvalue weighted by Crippen LogP contribution is -2.05. The number of fused-ring (bicyclic) bond motifs is 1. The van der Waals surface area contributed by atoms with Gasteiger partial charge in [-0.3, -0.25) is 10.1 Å². The number of benzene rings is 2. The highest BCUT2D eigenvalue weighted by molar-refractivity contribution is 6.30. The van der Waals surface area contributed by atoms with E-state index in [1.165, 1.54) is 0 Å². The number of carbonyl (C=O) groups is 1. The predicted molar refractivity (Wildman–Crippen MR) is 108 cm³/mol. The second kappa shape index (κ2) is 7.37. The molecule has 3 rings (SSSR count). The van der Waals surface area contributed by atoms with Gasteiger partial charge in [0.2, 0.25) is 0 Å². The van der Waals surface area contributed by atoms with Crippen molar-refractivity contribution < 1.29 is 9.72 Å². The van der Waals surface area contributed by atoms with Crippen molar-refractivity contribution >= 4 is 34.5 Å². The highest BCUT2D eigenvalue weighted by atomic mass is 35.5. The quantitative estimate of drug-likeness (QED) is 0.247. The molecule has 138 valence electrons. The molecule has 0 N–H and O–H groups in total. The summed E-state index contributed by atoms with van der Waals surface area (Å²) in [5.74, 6) is 0. The maximum atomic E-state index is 11.9. The van der Waals surface area contributed by atoms with E-state index in [1.54, 1.807) is 25.1 Å². The minimum atomic E-state index is -0.364. The van der Waals surface area contributed by atoms with Crippen molar-refractivity contribution in [1.82, 2.24) is 4.57 Å². The predicted octanol–water partition coefficient (Wildman–Crippen LogP) is 5.41. The van der Waals surface area contributed by atoms with Gasteiger partial charge in [-0.05, 0) is 48.7 Å². The van der Waals surface area contributed by atoms with E-state index in [0.29, 0.717) is 28.2 Å². The van der Waals surface area contributed by atoms with E-state index in [-0.39, 0.29) is 17.0 Å². The average molecular weight is 383 g/mol. The number of carbonyl (C=O) groups excluding carboxylic acids is 1. The third-order valence-electron chi connectivity index (χ3n) is 4.82. The number of hydrogen-bond acceptors (Lipinski definition) is 3. The van der Waals surface area contributed by atoms with Crippen LogP contribution in [0.4, 0.5) is 5.69 Å². The van der Waals surface area contributed by atoms with Crippen LogP contribution in [0.5, 0.6) is 0 Å². The van der Waals surface area contributed by atoms with Crippen molar-refractivity contribution in [2.45, 2.75) is 26.8 Å². The monoisotopic (exact) mass is 382 g/mol. The molecule has 0 radical (unpaired) electrons. The number of nitro benzene ring substituents is 1. The molecule has 0 aliphatic rings. The lowest BCUT2D eigenvalue weighted by atomic mass is 9.89. The first-order valence-electron chi connectivity index (χ1n) is 8.50. The van der Waals surface area contributed by atoms with Gasteiger partial charge in [0, 0.05) is 34.6 Å². The van der Waals surface area contributed by atoms with Gasteiger partial charge in [0.25, 0.3) is 5.69 Å². The molecular formula is C21H19ClN2O3. The zero-order chi connectivity index (χ0) is 19.7. The van der Waals surface area contributed by atoms with Crippen LogP contribution in [-0.2, 0) is 17.8 Å². The molecule has 0 atom stereocenters. The second-order valence-electron chi connectivity index (χ2n) is 6.41. The van der Waals surface area contributed by atoms with E-state index < -0.39 is 0 Å². The van der Waals surface area contributed by atoms with Gasteiger partial charge in [0.15, 0.2) is 0 Å². The lowest BCUT2D eigenvalue weighted by molar-refractivity contribution is -0.383. The molecule has 27 heavy (non-hydrogen) atoms. The molecule has 2 aromatic carbocycles. The van der Waals surface area contributed by atoms with Crippen molar-refractivity contribution in [2.75, 3.05) is 0 Å². The third kappa shape index (κ3) is 3.15. The van der Waals surface area contributed by atoms with Crippen molar-refractivity contribution in [3.8, 4) is 11.1 Å². The zero-order valence-corrected chi connectivity index (χ0v) is 15.9. The number of rotatable bonds is 6. The fourth-order valence-electron chi connectivity index (χ4n) is 3.67. The van der Waals surface area contributed by atoms with Crippen LogP contribution in [0.2, 0.25) is 5.02 Å². The Morgan fingerprint density at radius 2 is 1.93 bits per heavy atom. The molecule has 0 unspecified atom stereocenters. The van der Waals surface area contributed by atoms with E-state index in [9.17, 15) is 14.9 Å². The number of nitrogens with zero attached hydrogens (tertiary/aromatic N) is 2. The summed E-state index contributed by atoms with van der Waals surface area (Å²) in [5.41, 5.74) is 4.36. The molecular weight excluding hydrogens is 364 g/mol. The zero-order valence-electron chi connectivity index (χ0n) is 15.2. The van der Waals surface area contributed by atoms with Crippen LogP contribution in [-0.4, -0.2) is 15.8 Å². The minimum Gasteiger partial charge on any atom is -0.335 e. The van der Waals surface area contributed by atoms with E-state index >= 15 is 0 Å². The van der Waals surface area contributed by atoms with Gasteiger partial charge in [-0.15, -0.1) is 6.58 Å². The summed E-state index contributed by atoms with van der Waals surface area (Å²) in [6, 6.07) is 9.23. The van der Waals surface area contributed by atoms with Gasteiger partial charge in [-0.2, -0.15) is 0 Å². The summed E-state index contributed by atoms with van der Waals surface area (Å²) in [7, 11) is 0. The Kier molecular flexibility index (Phi) is 5.15. The van der Waals surface area contributed by atoms with Gasteiger partial charge in [-0.1, -0.05) is 29.8 Å². The van der Waals surface area contributed by atoms with Crippen LogP contribution in [0.3, 0.4) is 0 Å². The Balaban J connectivity index is 2.54. The summed E-state index contributed by atoms with van der Waals surface area (Å²) in [6.45, 7) is 7.84. The number of halogens is 1. The molecule has 0 aliphatic heterocycles. The molecule has 0 saturated carbocycles. The first-order chi connectivity index (χ1) is 12.9. The normalized spacial score (nSPS) is 10.9. The summed E-state index contributed by atoms with van der Waals surface area (Å²) < 4.78 is 1.89. The number of aryl methyl sites for hydroxylation is 1. The molecule has 0 fully saturated rings.